The summed E-state index contributed by atoms with van der Waals surface area (Å²) in [6.07, 6.45) is 5.92. The standard InChI is InChI=1S/C12H19BrN4/c1-3-17(8-9-5-4-6-9)11-10(13)7-15-12(14-2)16-11/h7,9H,3-6,8H2,1-2H3,(H,14,15,16). The lowest BCUT2D eigenvalue weighted by Crippen LogP contribution is -2.33. The second-order valence-electron chi connectivity index (χ2n) is 4.45. The normalized spacial score (nSPS) is 15.5. The van der Waals surface area contributed by atoms with Crippen molar-refractivity contribution in [2.75, 3.05) is 30.4 Å². The molecule has 0 aliphatic heterocycles. The molecule has 0 aromatic carbocycles. The summed E-state index contributed by atoms with van der Waals surface area (Å²) < 4.78 is 0.970. The number of halogens is 1. The summed E-state index contributed by atoms with van der Waals surface area (Å²) >= 11 is 3.54. The Morgan fingerprint density at radius 2 is 2.29 bits per heavy atom. The van der Waals surface area contributed by atoms with Gasteiger partial charge in [0.05, 0.1) is 4.47 Å². The highest BCUT2D eigenvalue weighted by atomic mass is 79.9. The van der Waals surface area contributed by atoms with Crippen molar-refractivity contribution in [3.8, 4) is 0 Å². The van der Waals surface area contributed by atoms with E-state index in [9.17, 15) is 0 Å². The molecule has 0 atom stereocenters. The molecule has 17 heavy (non-hydrogen) atoms. The highest BCUT2D eigenvalue weighted by Crippen LogP contribution is 2.31. The third-order valence-corrected chi connectivity index (χ3v) is 3.89. The van der Waals surface area contributed by atoms with Gasteiger partial charge in [0.2, 0.25) is 5.95 Å². The number of rotatable bonds is 5. The van der Waals surface area contributed by atoms with E-state index in [4.69, 9.17) is 0 Å². The number of hydrogen-bond acceptors (Lipinski definition) is 4. The lowest BCUT2D eigenvalue weighted by molar-refractivity contribution is 0.318. The van der Waals surface area contributed by atoms with Crippen LogP contribution in [0.1, 0.15) is 26.2 Å². The molecule has 4 nitrogen and oxygen atoms in total. The Morgan fingerprint density at radius 1 is 1.53 bits per heavy atom. The smallest absolute Gasteiger partial charge is 0.224 e. The molecule has 1 fully saturated rings. The molecule has 5 heteroatoms. The Morgan fingerprint density at radius 3 is 2.82 bits per heavy atom. The predicted molar refractivity (Wildman–Crippen MR) is 74.5 cm³/mol. The van der Waals surface area contributed by atoms with Crippen molar-refractivity contribution in [2.45, 2.75) is 26.2 Å². The van der Waals surface area contributed by atoms with Gasteiger partial charge in [0.1, 0.15) is 5.82 Å². The third kappa shape index (κ3) is 2.89. The zero-order valence-corrected chi connectivity index (χ0v) is 12.0. The minimum absolute atomic E-state index is 0.676. The number of nitrogens with one attached hydrogen (secondary N) is 1. The first-order valence-electron chi connectivity index (χ1n) is 6.19. The molecule has 2 rings (SSSR count). The monoisotopic (exact) mass is 298 g/mol. The molecule has 0 spiro atoms. The topological polar surface area (TPSA) is 41.1 Å². The molecule has 1 aromatic rings. The Balaban J connectivity index is 2.15. The van der Waals surface area contributed by atoms with E-state index in [-0.39, 0.29) is 0 Å². The minimum Gasteiger partial charge on any atom is -0.357 e. The highest BCUT2D eigenvalue weighted by Gasteiger charge is 2.22. The maximum absolute atomic E-state index is 4.53. The summed E-state index contributed by atoms with van der Waals surface area (Å²) in [7, 11) is 1.84. The third-order valence-electron chi connectivity index (χ3n) is 3.33. The van der Waals surface area contributed by atoms with E-state index < -0.39 is 0 Å². The van der Waals surface area contributed by atoms with E-state index in [1.807, 2.05) is 13.2 Å². The second-order valence-corrected chi connectivity index (χ2v) is 5.31. The first-order valence-corrected chi connectivity index (χ1v) is 6.99. The lowest BCUT2D eigenvalue weighted by atomic mass is 9.85. The molecule has 1 aliphatic carbocycles. The maximum atomic E-state index is 4.53. The number of anilines is 2. The summed E-state index contributed by atoms with van der Waals surface area (Å²) in [5, 5.41) is 2.99. The summed E-state index contributed by atoms with van der Waals surface area (Å²) in [5.41, 5.74) is 0. The van der Waals surface area contributed by atoms with Gasteiger partial charge in [0.25, 0.3) is 0 Å². The van der Waals surface area contributed by atoms with E-state index in [0.717, 1.165) is 29.3 Å². The van der Waals surface area contributed by atoms with Gasteiger partial charge in [-0.1, -0.05) is 6.42 Å². The van der Waals surface area contributed by atoms with Gasteiger partial charge in [-0.3, -0.25) is 0 Å². The van der Waals surface area contributed by atoms with Gasteiger partial charge in [-0.25, -0.2) is 4.98 Å². The fourth-order valence-electron chi connectivity index (χ4n) is 2.05. The van der Waals surface area contributed by atoms with Gasteiger partial charge >= 0.3 is 0 Å². The Kier molecular flexibility index (Phi) is 4.20. The molecule has 1 saturated carbocycles. The minimum atomic E-state index is 0.676. The van der Waals surface area contributed by atoms with Crippen molar-refractivity contribution < 1.29 is 0 Å². The van der Waals surface area contributed by atoms with Gasteiger partial charge in [-0.2, -0.15) is 4.98 Å². The van der Waals surface area contributed by atoms with Crippen LogP contribution in [0.2, 0.25) is 0 Å². The molecule has 1 heterocycles. The van der Waals surface area contributed by atoms with Crippen LogP contribution < -0.4 is 10.2 Å². The summed E-state index contributed by atoms with van der Waals surface area (Å²) in [5.74, 6) is 2.52. The second kappa shape index (κ2) is 5.67. The van der Waals surface area contributed by atoms with Crippen molar-refractivity contribution in [1.29, 1.82) is 0 Å². The Hall–Kier alpha value is -0.840. The van der Waals surface area contributed by atoms with Crippen LogP contribution >= 0.6 is 15.9 Å². The molecule has 0 amide bonds. The number of nitrogens with zero attached hydrogens (tertiary/aromatic N) is 3. The fourth-order valence-corrected chi connectivity index (χ4v) is 2.49. The van der Waals surface area contributed by atoms with Crippen LogP contribution in [0.25, 0.3) is 0 Å². The number of hydrogen-bond donors (Lipinski definition) is 1. The van der Waals surface area contributed by atoms with Crippen LogP contribution in [-0.2, 0) is 0 Å². The average Bonchev–Trinajstić information content (AvgIpc) is 2.29. The van der Waals surface area contributed by atoms with E-state index in [0.29, 0.717) is 5.95 Å². The van der Waals surface area contributed by atoms with Crippen LogP contribution in [0.3, 0.4) is 0 Å². The van der Waals surface area contributed by atoms with Crippen molar-refractivity contribution in [2.24, 2.45) is 5.92 Å². The first kappa shape index (κ1) is 12.6. The molecule has 0 bridgehead atoms. The van der Waals surface area contributed by atoms with Crippen LogP contribution in [0.4, 0.5) is 11.8 Å². The van der Waals surface area contributed by atoms with Crippen molar-refractivity contribution in [3.05, 3.63) is 10.7 Å². The molecule has 94 valence electrons. The van der Waals surface area contributed by atoms with Crippen molar-refractivity contribution >= 4 is 27.7 Å². The van der Waals surface area contributed by atoms with Gasteiger partial charge in [-0.05, 0) is 41.6 Å². The fraction of sp³-hybridized carbons (Fsp3) is 0.667. The van der Waals surface area contributed by atoms with E-state index in [1.165, 1.54) is 19.3 Å². The van der Waals surface area contributed by atoms with Crippen LogP contribution in [0.5, 0.6) is 0 Å². The average molecular weight is 299 g/mol. The zero-order valence-electron chi connectivity index (χ0n) is 10.4. The number of aromatic nitrogens is 2. The highest BCUT2D eigenvalue weighted by molar-refractivity contribution is 9.10. The van der Waals surface area contributed by atoms with Gasteiger partial charge in [-0.15, -0.1) is 0 Å². The summed E-state index contributed by atoms with van der Waals surface area (Å²) in [6.45, 7) is 4.26. The molecule has 1 aliphatic rings. The molecule has 0 saturated heterocycles. The molecular formula is C12H19BrN4. The van der Waals surface area contributed by atoms with E-state index in [1.54, 1.807) is 0 Å². The lowest BCUT2D eigenvalue weighted by Gasteiger charge is -2.32. The van der Waals surface area contributed by atoms with Gasteiger partial charge in [0, 0.05) is 26.3 Å². The van der Waals surface area contributed by atoms with Crippen molar-refractivity contribution in [1.82, 2.24) is 9.97 Å². The van der Waals surface area contributed by atoms with Gasteiger partial charge < -0.3 is 10.2 Å². The molecule has 1 N–H and O–H groups in total. The van der Waals surface area contributed by atoms with Crippen LogP contribution in [-0.4, -0.2) is 30.1 Å². The Bertz CT molecular complexity index is 379. The van der Waals surface area contributed by atoms with Crippen LogP contribution in [0, 0.1) is 5.92 Å². The predicted octanol–water partition coefficient (Wildman–Crippen LogP) is 2.91. The molecule has 0 radical (unpaired) electrons. The molecular weight excluding hydrogens is 280 g/mol. The summed E-state index contributed by atoms with van der Waals surface area (Å²) in [4.78, 5) is 11.1. The quantitative estimate of drug-likeness (QED) is 0.907. The molecule has 0 unspecified atom stereocenters. The SMILES string of the molecule is CCN(CC1CCC1)c1nc(NC)ncc1Br. The molecule has 1 aromatic heterocycles. The Labute approximate surface area is 111 Å². The largest absolute Gasteiger partial charge is 0.357 e. The van der Waals surface area contributed by atoms with Gasteiger partial charge in [0.15, 0.2) is 0 Å². The van der Waals surface area contributed by atoms with E-state index >= 15 is 0 Å². The van der Waals surface area contributed by atoms with Crippen LogP contribution in [0.15, 0.2) is 10.7 Å². The van der Waals surface area contributed by atoms with E-state index in [2.05, 4.69) is 43.0 Å². The zero-order chi connectivity index (χ0) is 12.3. The van der Waals surface area contributed by atoms with Crippen molar-refractivity contribution in [3.63, 3.8) is 0 Å². The maximum Gasteiger partial charge on any atom is 0.224 e. The summed E-state index contributed by atoms with van der Waals surface area (Å²) in [6, 6.07) is 0. The first-order chi connectivity index (χ1) is 8.24.